The lowest BCUT2D eigenvalue weighted by Gasteiger charge is -2.34. The van der Waals surface area contributed by atoms with Crippen LogP contribution >= 0.6 is 0 Å². The average Bonchev–Trinajstić information content (AvgIpc) is 2.59. The van der Waals surface area contributed by atoms with E-state index < -0.39 is 11.8 Å². The van der Waals surface area contributed by atoms with Crippen LogP contribution in [-0.4, -0.2) is 42.4 Å². The van der Waals surface area contributed by atoms with Crippen molar-refractivity contribution in [1.82, 2.24) is 15.5 Å². The molecule has 0 aliphatic carbocycles. The van der Waals surface area contributed by atoms with Crippen LogP contribution in [0.25, 0.3) is 0 Å². The highest BCUT2D eigenvalue weighted by atomic mass is 16.2. The summed E-state index contributed by atoms with van der Waals surface area (Å²) in [4.78, 5) is 26.2. The Morgan fingerprint density at radius 1 is 1.08 bits per heavy atom. The fraction of sp³-hybridized carbons (Fsp3) is 0.579. The Kier molecular flexibility index (Phi) is 6.79. The molecule has 2 amide bonds. The van der Waals surface area contributed by atoms with Crippen molar-refractivity contribution in [3.63, 3.8) is 0 Å². The molecule has 1 heterocycles. The van der Waals surface area contributed by atoms with Crippen molar-refractivity contribution in [2.45, 2.75) is 46.2 Å². The molecule has 1 aliphatic heterocycles. The Labute approximate surface area is 144 Å². The number of nitrogens with zero attached hydrogens (tertiary/aromatic N) is 1. The molecule has 5 nitrogen and oxygen atoms in total. The van der Waals surface area contributed by atoms with E-state index in [4.69, 9.17) is 0 Å². The maximum absolute atomic E-state index is 11.9. The topological polar surface area (TPSA) is 61.4 Å². The third-order valence-corrected chi connectivity index (χ3v) is 4.71. The summed E-state index contributed by atoms with van der Waals surface area (Å²) in [7, 11) is 0. The van der Waals surface area contributed by atoms with Gasteiger partial charge in [0.2, 0.25) is 0 Å². The van der Waals surface area contributed by atoms with Gasteiger partial charge in [0, 0.05) is 19.1 Å². The van der Waals surface area contributed by atoms with Gasteiger partial charge in [0.15, 0.2) is 0 Å². The van der Waals surface area contributed by atoms with E-state index in [2.05, 4.69) is 29.4 Å². The number of likely N-dealkylation sites (tertiary alicyclic amines) is 1. The van der Waals surface area contributed by atoms with E-state index in [1.54, 1.807) is 0 Å². The van der Waals surface area contributed by atoms with Crippen LogP contribution in [-0.2, 0) is 16.1 Å². The van der Waals surface area contributed by atoms with Crippen LogP contribution in [0.5, 0.6) is 0 Å². The van der Waals surface area contributed by atoms with E-state index in [1.807, 2.05) is 31.2 Å². The summed E-state index contributed by atoms with van der Waals surface area (Å²) in [5.74, 6) is -0.627. The summed E-state index contributed by atoms with van der Waals surface area (Å²) in [5, 5.41) is 5.44. The van der Waals surface area contributed by atoms with Crippen molar-refractivity contribution < 1.29 is 9.59 Å². The Morgan fingerprint density at radius 3 is 2.25 bits per heavy atom. The Balaban J connectivity index is 1.67. The molecule has 0 atom stereocenters. The zero-order chi connectivity index (χ0) is 17.5. The quantitative estimate of drug-likeness (QED) is 0.810. The summed E-state index contributed by atoms with van der Waals surface area (Å²) in [6.45, 7) is 9.53. The number of benzene rings is 1. The van der Waals surface area contributed by atoms with Crippen LogP contribution in [0, 0.1) is 12.8 Å². The number of carbonyl (C=O) groups excluding carboxylic acids is 2. The van der Waals surface area contributed by atoms with E-state index in [-0.39, 0.29) is 0 Å². The lowest BCUT2D eigenvalue weighted by molar-refractivity contribution is -0.139. The molecule has 5 heteroatoms. The molecule has 1 aliphatic rings. The Hall–Kier alpha value is -1.88. The van der Waals surface area contributed by atoms with Crippen LogP contribution in [0.15, 0.2) is 24.3 Å². The summed E-state index contributed by atoms with van der Waals surface area (Å²) in [6, 6.07) is 8.47. The van der Waals surface area contributed by atoms with Crippen LogP contribution in [0.1, 0.15) is 37.8 Å². The number of carbonyl (C=O) groups is 2. The highest BCUT2D eigenvalue weighted by molar-refractivity contribution is 6.35. The maximum atomic E-state index is 11.9. The van der Waals surface area contributed by atoms with Crippen molar-refractivity contribution >= 4 is 11.8 Å². The highest BCUT2D eigenvalue weighted by Crippen LogP contribution is 2.17. The monoisotopic (exact) mass is 331 g/mol. The molecule has 1 fully saturated rings. The minimum absolute atomic E-state index is 0.374. The minimum atomic E-state index is -0.560. The van der Waals surface area contributed by atoms with Gasteiger partial charge in [-0.15, -0.1) is 0 Å². The van der Waals surface area contributed by atoms with Crippen molar-refractivity contribution in [3.05, 3.63) is 35.4 Å². The number of rotatable bonds is 5. The van der Waals surface area contributed by atoms with Crippen molar-refractivity contribution in [3.8, 4) is 0 Å². The van der Waals surface area contributed by atoms with Crippen molar-refractivity contribution in [2.75, 3.05) is 19.6 Å². The van der Waals surface area contributed by atoms with Gasteiger partial charge in [0.1, 0.15) is 0 Å². The third-order valence-electron chi connectivity index (χ3n) is 4.71. The molecule has 132 valence electrons. The smallest absolute Gasteiger partial charge is 0.309 e. The van der Waals surface area contributed by atoms with E-state index in [1.165, 1.54) is 5.56 Å². The van der Waals surface area contributed by atoms with E-state index >= 15 is 0 Å². The number of amides is 2. The van der Waals surface area contributed by atoms with E-state index in [0.717, 1.165) is 31.5 Å². The summed E-state index contributed by atoms with van der Waals surface area (Å²) >= 11 is 0. The van der Waals surface area contributed by atoms with Crippen LogP contribution < -0.4 is 10.6 Å². The second-order valence-corrected chi connectivity index (χ2v) is 6.95. The zero-order valence-electron chi connectivity index (χ0n) is 15.0. The first-order chi connectivity index (χ1) is 11.5. The average molecular weight is 331 g/mol. The molecule has 0 aromatic heterocycles. The fourth-order valence-electron chi connectivity index (χ4n) is 2.96. The number of hydrogen-bond acceptors (Lipinski definition) is 3. The zero-order valence-corrected chi connectivity index (χ0v) is 15.0. The molecular weight excluding hydrogens is 302 g/mol. The lowest BCUT2D eigenvalue weighted by Crippen LogP contribution is -2.44. The molecule has 1 aromatic carbocycles. The van der Waals surface area contributed by atoms with Crippen LogP contribution in [0.2, 0.25) is 0 Å². The normalized spacial score (nSPS) is 16.2. The minimum Gasteiger partial charge on any atom is -0.348 e. The van der Waals surface area contributed by atoms with Crippen molar-refractivity contribution in [2.24, 2.45) is 5.92 Å². The molecule has 0 bridgehead atoms. The van der Waals surface area contributed by atoms with Crippen LogP contribution in [0.3, 0.4) is 0 Å². The van der Waals surface area contributed by atoms with Crippen LogP contribution in [0.4, 0.5) is 0 Å². The first-order valence-corrected chi connectivity index (χ1v) is 8.81. The molecule has 2 N–H and O–H groups in total. The van der Waals surface area contributed by atoms with E-state index in [0.29, 0.717) is 25.0 Å². The standard InChI is InChI=1S/C19H29N3O2/c1-14(2)22-10-8-17(9-11-22)13-21-19(24)18(23)20-12-16-6-4-15(3)5-7-16/h4-7,14,17H,8-13H2,1-3H3,(H,20,23)(H,21,24). The number of piperidine rings is 1. The predicted octanol–water partition coefficient (Wildman–Crippen LogP) is 1.85. The van der Waals surface area contributed by atoms with Gasteiger partial charge in [-0.2, -0.15) is 0 Å². The third kappa shape index (κ3) is 5.64. The van der Waals surface area contributed by atoms with Gasteiger partial charge < -0.3 is 15.5 Å². The largest absolute Gasteiger partial charge is 0.348 e. The number of hydrogen-bond donors (Lipinski definition) is 2. The predicted molar refractivity (Wildman–Crippen MR) is 95.5 cm³/mol. The molecule has 24 heavy (non-hydrogen) atoms. The lowest BCUT2D eigenvalue weighted by atomic mass is 9.96. The van der Waals surface area contributed by atoms with Crippen molar-refractivity contribution in [1.29, 1.82) is 0 Å². The maximum Gasteiger partial charge on any atom is 0.309 e. The van der Waals surface area contributed by atoms with Gasteiger partial charge in [0.05, 0.1) is 0 Å². The first-order valence-electron chi connectivity index (χ1n) is 8.81. The fourth-order valence-corrected chi connectivity index (χ4v) is 2.96. The molecule has 0 radical (unpaired) electrons. The molecular formula is C19H29N3O2. The summed E-state index contributed by atoms with van der Waals surface area (Å²) in [5.41, 5.74) is 2.16. The number of nitrogens with one attached hydrogen (secondary N) is 2. The van der Waals surface area contributed by atoms with Gasteiger partial charge in [0.25, 0.3) is 0 Å². The second-order valence-electron chi connectivity index (χ2n) is 6.95. The highest BCUT2D eigenvalue weighted by Gasteiger charge is 2.22. The van der Waals surface area contributed by atoms with Gasteiger partial charge >= 0.3 is 11.8 Å². The molecule has 0 saturated carbocycles. The molecule has 2 rings (SSSR count). The molecule has 0 spiro atoms. The second kappa shape index (κ2) is 8.83. The van der Waals surface area contributed by atoms with E-state index in [9.17, 15) is 9.59 Å². The van der Waals surface area contributed by atoms with Gasteiger partial charge in [-0.3, -0.25) is 9.59 Å². The SMILES string of the molecule is Cc1ccc(CNC(=O)C(=O)NCC2CCN(C(C)C)CC2)cc1. The molecule has 0 unspecified atom stereocenters. The van der Waals surface area contributed by atoms with Gasteiger partial charge in [-0.05, 0) is 58.2 Å². The summed E-state index contributed by atoms with van der Waals surface area (Å²) in [6.07, 6.45) is 2.15. The number of aryl methyl sites for hydroxylation is 1. The molecule has 1 saturated heterocycles. The Bertz CT molecular complexity index is 546. The van der Waals surface area contributed by atoms with Gasteiger partial charge in [-0.1, -0.05) is 29.8 Å². The first kappa shape index (κ1) is 18.5. The summed E-state index contributed by atoms with van der Waals surface area (Å²) < 4.78 is 0. The molecule has 1 aromatic rings. The Morgan fingerprint density at radius 2 is 1.67 bits per heavy atom. The van der Waals surface area contributed by atoms with Gasteiger partial charge in [-0.25, -0.2) is 0 Å².